The van der Waals surface area contributed by atoms with Crippen molar-refractivity contribution in [1.29, 1.82) is 0 Å². The molecule has 0 saturated heterocycles. The molecule has 0 unspecified atom stereocenters. The fourth-order valence-electron chi connectivity index (χ4n) is 1.81. The van der Waals surface area contributed by atoms with Gasteiger partial charge in [-0.3, -0.25) is 0 Å². The Kier molecular flexibility index (Phi) is 4.91. The Labute approximate surface area is 135 Å². The highest BCUT2D eigenvalue weighted by molar-refractivity contribution is 9.10. The first-order valence-corrected chi connectivity index (χ1v) is 9.00. The lowest BCUT2D eigenvalue weighted by molar-refractivity contribution is 0.304. The number of hydrogen-bond donors (Lipinski definition) is 0. The molecular formula is C14H11BrClFO3S. The third kappa shape index (κ3) is 3.96. The van der Waals surface area contributed by atoms with Crippen molar-refractivity contribution in [3.8, 4) is 5.75 Å². The van der Waals surface area contributed by atoms with Crippen LogP contribution >= 0.6 is 26.6 Å². The average molecular weight is 394 g/mol. The lowest BCUT2D eigenvalue weighted by atomic mass is 10.2. The molecule has 0 heterocycles. The van der Waals surface area contributed by atoms with Crippen LogP contribution in [-0.4, -0.2) is 8.42 Å². The number of aryl methyl sites for hydroxylation is 1. The highest BCUT2D eigenvalue weighted by Gasteiger charge is 2.14. The number of benzene rings is 2. The van der Waals surface area contributed by atoms with Gasteiger partial charge in [0.05, 0.1) is 9.37 Å². The molecule has 0 atom stereocenters. The molecule has 21 heavy (non-hydrogen) atoms. The molecule has 2 aromatic carbocycles. The Morgan fingerprint density at radius 3 is 2.62 bits per heavy atom. The molecule has 2 rings (SSSR count). The monoisotopic (exact) mass is 392 g/mol. The first kappa shape index (κ1) is 16.3. The molecule has 0 aromatic heterocycles. The van der Waals surface area contributed by atoms with E-state index in [1.807, 2.05) is 0 Å². The smallest absolute Gasteiger partial charge is 0.261 e. The molecule has 0 aliphatic heterocycles. The molecule has 0 fully saturated rings. The second kappa shape index (κ2) is 6.34. The number of ether oxygens (including phenoxy) is 1. The van der Waals surface area contributed by atoms with Gasteiger partial charge in [-0.25, -0.2) is 12.8 Å². The molecule has 2 aromatic rings. The summed E-state index contributed by atoms with van der Waals surface area (Å²) < 4.78 is 41.9. The van der Waals surface area contributed by atoms with Crippen LogP contribution in [0.4, 0.5) is 4.39 Å². The van der Waals surface area contributed by atoms with Crippen LogP contribution in [0.3, 0.4) is 0 Å². The predicted molar refractivity (Wildman–Crippen MR) is 82.6 cm³/mol. The average Bonchev–Trinajstić information content (AvgIpc) is 2.39. The fraction of sp³-hybridized carbons (Fsp3) is 0.143. The van der Waals surface area contributed by atoms with Gasteiger partial charge in [0.15, 0.2) is 0 Å². The summed E-state index contributed by atoms with van der Waals surface area (Å²) >= 11 is 3.15. The first-order valence-electron chi connectivity index (χ1n) is 5.90. The van der Waals surface area contributed by atoms with Gasteiger partial charge in [-0.2, -0.15) is 0 Å². The van der Waals surface area contributed by atoms with Gasteiger partial charge < -0.3 is 4.74 Å². The number of rotatable bonds is 4. The summed E-state index contributed by atoms with van der Waals surface area (Å²) in [4.78, 5) is 0.0449. The van der Waals surface area contributed by atoms with Crippen molar-refractivity contribution in [2.75, 3.05) is 0 Å². The van der Waals surface area contributed by atoms with E-state index < -0.39 is 9.05 Å². The normalized spacial score (nSPS) is 11.4. The van der Waals surface area contributed by atoms with Crippen molar-refractivity contribution in [3.05, 3.63) is 57.8 Å². The topological polar surface area (TPSA) is 43.4 Å². The third-order valence-corrected chi connectivity index (χ3v) is 5.21. The predicted octanol–water partition coefficient (Wildman–Crippen LogP) is 4.40. The van der Waals surface area contributed by atoms with E-state index in [1.165, 1.54) is 18.2 Å². The minimum Gasteiger partial charge on any atom is -0.489 e. The first-order chi connectivity index (χ1) is 9.79. The molecule has 0 radical (unpaired) electrons. The molecule has 0 bridgehead atoms. The van der Waals surface area contributed by atoms with Gasteiger partial charge in [0.1, 0.15) is 18.2 Å². The van der Waals surface area contributed by atoms with Crippen molar-refractivity contribution >= 4 is 35.7 Å². The van der Waals surface area contributed by atoms with E-state index in [9.17, 15) is 12.8 Å². The molecule has 7 heteroatoms. The minimum absolute atomic E-state index is 0.0449. The molecule has 3 nitrogen and oxygen atoms in total. The van der Waals surface area contributed by atoms with E-state index in [4.69, 9.17) is 15.4 Å². The molecule has 0 amide bonds. The van der Waals surface area contributed by atoms with Gasteiger partial charge >= 0.3 is 0 Å². The molecule has 0 N–H and O–H groups in total. The Balaban J connectivity index is 2.18. The van der Waals surface area contributed by atoms with Gasteiger partial charge in [0.2, 0.25) is 0 Å². The van der Waals surface area contributed by atoms with Crippen LogP contribution in [0.25, 0.3) is 0 Å². The second-order valence-electron chi connectivity index (χ2n) is 4.37. The summed E-state index contributed by atoms with van der Waals surface area (Å²) in [6.07, 6.45) is 0. The molecule has 0 aliphatic carbocycles. The van der Waals surface area contributed by atoms with Crippen molar-refractivity contribution in [2.45, 2.75) is 18.4 Å². The molecule has 112 valence electrons. The SMILES string of the molecule is Cc1cc(OCc2cccc(F)c2Br)ccc1S(=O)(=O)Cl. The van der Waals surface area contributed by atoms with Crippen LogP contribution in [0.15, 0.2) is 45.8 Å². The zero-order valence-corrected chi connectivity index (χ0v) is 14.1. The van der Waals surface area contributed by atoms with Gasteiger partial charge in [-0.1, -0.05) is 12.1 Å². The molecular weight excluding hydrogens is 383 g/mol. The Morgan fingerprint density at radius 1 is 1.29 bits per heavy atom. The molecule has 0 saturated carbocycles. The zero-order chi connectivity index (χ0) is 15.6. The maximum Gasteiger partial charge on any atom is 0.261 e. The van der Waals surface area contributed by atoms with Crippen molar-refractivity contribution in [1.82, 2.24) is 0 Å². The van der Waals surface area contributed by atoms with Crippen LogP contribution < -0.4 is 4.74 Å². The van der Waals surface area contributed by atoms with E-state index in [2.05, 4.69) is 15.9 Å². The lowest BCUT2D eigenvalue weighted by Crippen LogP contribution is -2.00. The van der Waals surface area contributed by atoms with Gasteiger partial charge in [0.25, 0.3) is 9.05 Å². The Morgan fingerprint density at radius 2 is 2.00 bits per heavy atom. The van der Waals surface area contributed by atoms with Crippen LogP contribution in [-0.2, 0) is 15.7 Å². The summed E-state index contributed by atoms with van der Waals surface area (Å²) in [5, 5.41) is 0. The summed E-state index contributed by atoms with van der Waals surface area (Å²) in [6.45, 7) is 1.78. The quantitative estimate of drug-likeness (QED) is 0.723. The maximum atomic E-state index is 13.4. The van der Waals surface area contributed by atoms with E-state index >= 15 is 0 Å². The summed E-state index contributed by atoms with van der Waals surface area (Å²) in [7, 11) is 1.54. The fourth-order valence-corrected chi connectivity index (χ4v) is 3.38. The van der Waals surface area contributed by atoms with Gasteiger partial charge in [-0.15, -0.1) is 0 Å². The largest absolute Gasteiger partial charge is 0.489 e. The van der Waals surface area contributed by atoms with Crippen LogP contribution in [0.5, 0.6) is 5.75 Å². The van der Waals surface area contributed by atoms with Crippen LogP contribution in [0.1, 0.15) is 11.1 Å². The van der Waals surface area contributed by atoms with E-state index in [0.29, 0.717) is 21.3 Å². The van der Waals surface area contributed by atoms with Crippen molar-refractivity contribution < 1.29 is 17.5 Å². The Bertz CT molecular complexity index is 778. The summed E-state index contributed by atoms with van der Waals surface area (Å²) in [5.41, 5.74) is 1.14. The van der Waals surface area contributed by atoms with E-state index in [0.717, 1.165) is 0 Å². The lowest BCUT2D eigenvalue weighted by Gasteiger charge is -2.10. The summed E-state index contributed by atoms with van der Waals surface area (Å²) in [6, 6.07) is 9.13. The van der Waals surface area contributed by atoms with Gasteiger partial charge in [0, 0.05) is 16.2 Å². The maximum absolute atomic E-state index is 13.4. The van der Waals surface area contributed by atoms with Crippen LogP contribution in [0, 0.1) is 12.7 Å². The van der Waals surface area contributed by atoms with E-state index in [1.54, 1.807) is 25.1 Å². The van der Waals surface area contributed by atoms with Crippen molar-refractivity contribution in [2.24, 2.45) is 0 Å². The third-order valence-electron chi connectivity index (χ3n) is 2.83. The van der Waals surface area contributed by atoms with Crippen molar-refractivity contribution in [3.63, 3.8) is 0 Å². The minimum atomic E-state index is -3.77. The standard InChI is InChI=1S/C14H11BrClFO3S/c1-9-7-11(5-6-13(9)21(16,18)19)20-8-10-3-2-4-12(17)14(10)15/h2-7H,8H2,1H3. The Hall–Kier alpha value is -1.11. The highest BCUT2D eigenvalue weighted by atomic mass is 79.9. The number of hydrogen-bond acceptors (Lipinski definition) is 3. The number of halogens is 3. The zero-order valence-electron chi connectivity index (χ0n) is 10.9. The highest BCUT2D eigenvalue weighted by Crippen LogP contribution is 2.26. The second-order valence-corrected chi connectivity index (χ2v) is 7.69. The molecule has 0 aliphatic rings. The van der Waals surface area contributed by atoms with Gasteiger partial charge in [-0.05, 0) is 52.7 Å². The molecule has 0 spiro atoms. The summed E-state index contributed by atoms with van der Waals surface area (Å²) in [5.74, 6) is 0.114. The van der Waals surface area contributed by atoms with E-state index in [-0.39, 0.29) is 17.3 Å². The van der Waals surface area contributed by atoms with Crippen LogP contribution in [0.2, 0.25) is 0 Å².